The topological polar surface area (TPSA) is 45.7 Å². The maximum atomic E-state index is 13.3. The van der Waals surface area contributed by atoms with Gasteiger partial charge in [-0.25, -0.2) is 4.98 Å². The van der Waals surface area contributed by atoms with Crippen LogP contribution in [-0.2, 0) is 0 Å². The molecule has 0 aliphatic rings. The number of benzene rings is 2. The van der Waals surface area contributed by atoms with E-state index in [0.29, 0.717) is 18.7 Å². The Balaban J connectivity index is 1.75. The molecule has 1 amide bonds. The lowest BCUT2D eigenvalue weighted by Crippen LogP contribution is -2.33. The Bertz CT molecular complexity index is 904. The molecule has 6 heteroatoms. The molecule has 1 heterocycles. The minimum atomic E-state index is -0.0228. The Morgan fingerprint density at radius 1 is 1.00 bits per heavy atom. The second kappa shape index (κ2) is 11.1. The maximum Gasteiger partial charge on any atom is 0.260 e. The molecule has 0 aliphatic heterocycles. The normalized spacial score (nSPS) is 11.2. The Hall–Kier alpha value is -2.44. The lowest BCUT2D eigenvalue weighted by atomic mass is 10.2. The molecular weight excluding hydrogens is 394 g/mol. The van der Waals surface area contributed by atoms with Crippen LogP contribution >= 0.6 is 11.3 Å². The molecule has 0 atom stereocenters. The number of nitrogens with zero attached hydrogens (tertiary/aromatic N) is 3. The fourth-order valence-electron chi connectivity index (χ4n) is 3.20. The predicted octanol–water partition coefficient (Wildman–Crippen LogP) is 5.46. The molecule has 0 N–H and O–H groups in total. The molecule has 0 saturated carbocycles. The highest BCUT2D eigenvalue weighted by molar-refractivity contribution is 7.22. The van der Waals surface area contributed by atoms with E-state index in [0.717, 1.165) is 40.5 Å². The van der Waals surface area contributed by atoms with Gasteiger partial charge in [0, 0.05) is 12.1 Å². The average Bonchev–Trinajstić information content (AvgIpc) is 3.18. The molecule has 1 aromatic heterocycles. The third-order valence-electron chi connectivity index (χ3n) is 4.86. The van der Waals surface area contributed by atoms with Crippen molar-refractivity contribution in [2.24, 2.45) is 0 Å². The Morgan fingerprint density at radius 3 is 2.47 bits per heavy atom. The SMILES string of the molecule is CCCCCOc1ccc(C(=O)N(CCCN(C)C)c2nc3ccccc3s2)cc1. The van der Waals surface area contributed by atoms with Gasteiger partial charge in [-0.3, -0.25) is 9.69 Å². The van der Waals surface area contributed by atoms with Crippen LogP contribution in [0.3, 0.4) is 0 Å². The van der Waals surface area contributed by atoms with Crippen LogP contribution in [0.15, 0.2) is 48.5 Å². The van der Waals surface area contributed by atoms with Crippen molar-refractivity contribution < 1.29 is 9.53 Å². The van der Waals surface area contributed by atoms with Crippen LogP contribution in [0.4, 0.5) is 5.13 Å². The van der Waals surface area contributed by atoms with Crippen LogP contribution in [0.1, 0.15) is 43.0 Å². The molecule has 0 unspecified atom stereocenters. The van der Waals surface area contributed by atoms with Gasteiger partial charge in [-0.05, 0) is 69.9 Å². The molecule has 0 radical (unpaired) electrons. The van der Waals surface area contributed by atoms with Crippen LogP contribution < -0.4 is 9.64 Å². The minimum absolute atomic E-state index is 0.0228. The summed E-state index contributed by atoms with van der Waals surface area (Å²) in [5, 5.41) is 0.750. The molecule has 5 nitrogen and oxygen atoms in total. The zero-order valence-corrected chi connectivity index (χ0v) is 19.0. The highest BCUT2D eigenvalue weighted by Crippen LogP contribution is 2.30. The largest absolute Gasteiger partial charge is 0.494 e. The first kappa shape index (κ1) is 22.2. The number of carbonyl (C=O) groups excluding carboxylic acids is 1. The number of ether oxygens (including phenoxy) is 1. The predicted molar refractivity (Wildman–Crippen MR) is 126 cm³/mol. The zero-order chi connectivity index (χ0) is 21.3. The molecule has 2 aromatic carbocycles. The first-order valence-corrected chi connectivity index (χ1v) is 11.4. The number of unbranched alkanes of at least 4 members (excludes halogenated alkanes) is 2. The first-order chi connectivity index (χ1) is 14.6. The molecule has 3 rings (SSSR count). The Morgan fingerprint density at radius 2 is 1.77 bits per heavy atom. The summed E-state index contributed by atoms with van der Waals surface area (Å²) in [6.07, 6.45) is 4.27. The number of aromatic nitrogens is 1. The van der Waals surface area contributed by atoms with Gasteiger partial charge in [-0.15, -0.1) is 0 Å². The molecule has 0 spiro atoms. The van der Waals surface area contributed by atoms with Gasteiger partial charge in [0.05, 0.1) is 16.8 Å². The van der Waals surface area contributed by atoms with Crippen LogP contribution in [0.25, 0.3) is 10.2 Å². The first-order valence-electron chi connectivity index (χ1n) is 10.6. The summed E-state index contributed by atoms with van der Waals surface area (Å²) in [5.74, 6) is 0.784. The van der Waals surface area contributed by atoms with E-state index in [-0.39, 0.29) is 5.91 Å². The molecule has 3 aromatic rings. The summed E-state index contributed by atoms with van der Waals surface area (Å²) < 4.78 is 6.87. The maximum absolute atomic E-state index is 13.3. The summed E-state index contributed by atoms with van der Waals surface area (Å²) >= 11 is 1.56. The third kappa shape index (κ3) is 6.03. The van der Waals surface area contributed by atoms with E-state index in [1.165, 1.54) is 12.8 Å². The van der Waals surface area contributed by atoms with E-state index in [9.17, 15) is 4.79 Å². The quantitative estimate of drug-likeness (QED) is 0.383. The summed E-state index contributed by atoms with van der Waals surface area (Å²) in [5.41, 5.74) is 1.58. The van der Waals surface area contributed by atoms with Crippen LogP contribution in [0.5, 0.6) is 5.75 Å². The highest BCUT2D eigenvalue weighted by atomic mass is 32.1. The summed E-state index contributed by atoms with van der Waals surface area (Å²) in [6.45, 7) is 4.44. The molecule has 0 fully saturated rings. The minimum Gasteiger partial charge on any atom is -0.494 e. The fourth-order valence-corrected chi connectivity index (χ4v) is 4.19. The van der Waals surface area contributed by atoms with Gasteiger partial charge in [0.2, 0.25) is 0 Å². The molecule has 0 saturated heterocycles. The number of amides is 1. The van der Waals surface area contributed by atoms with Crippen molar-refractivity contribution in [2.45, 2.75) is 32.6 Å². The van der Waals surface area contributed by atoms with Crippen molar-refractivity contribution in [2.75, 3.05) is 38.7 Å². The number of anilines is 1. The van der Waals surface area contributed by atoms with E-state index < -0.39 is 0 Å². The number of hydrogen-bond donors (Lipinski definition) is 0. The van der Waals surface area contributed by atoms with Crippen LogP contribution in [0.2, 0.25) is 0 Å². The summed E-state index contributed by atoms with van der Waals surface area (Å²) in [7, 11) is 4.09. The van der Waals surface area contributed by atoms with Gasteiger partial charge in [0.1, 0.15) is 5.75 Å². The second-order valence-electron chi connectivity index (χ2n) is 7.66. The molecule has 160 valence electrons. The average molecular weight is 426 g/mol. The number of hydrogen-bond acceptors (Lipinski definition) is 5. The van der Waals surface area contributed by atoms with Crippen molar-refractivity contribution in [3.63, 3.8) is 0 Å². The van der Waals surface area contributed by atoms with Gasteiger partial charge < -0.3 is 9.64 Å². The van der Waals surface area contributed by atoms with E-state index in [2.05, 4.69) is 11.8 Å². The van der Waals surface area contributed by atoms with E-state index in [1.807, 2.05) is 67.5 Å². The highest BCUT2D eigenvalue weighted by Gasteiger charge is 2.21. The number of fused-ring (bicyclic) bond motifs is 1. The molecule has 0 aliphatic carbocycles. The monoisotopic (exact) mass is 425 g/mol. The Kier molecular flexibility index (Phi) is 8.22. The van der Waals surface area contributed by atoms with Crippen molar-refractivity contribution in [3.05, 3.63) is 54.1 Å². The number of thiazole rings is 1. The van der Waals surface area contributed by atoms with Gasteiger partial charge in [-0.1, -0.05) is 43.2 Å². The fraction of sp³-hybridized carbons (Fsp3) is 0.417. The van der Waals surface area contributed by atoms with E-state index >= 15 is 0 Å². The van der Waals surface area contributed by atoms with Gasteiger partial charge in [-0.2, -0.15) is 0 Å². The number of para-hydroxylation sites is 1. The van der Waals surface area contributed by atoms with Crippen molar-refractivity contribution in [1.29, 1.82) is 0 Å². The lowest BCUT2D eigenvalue weighted by molar-refractivity contribution is 0.0986. The van der Waals surface area contributed by atoms with Crippen molar-refractivity contribution in [3.8, 4) is 5.75 Å². The third-order valence-corrected chi connectivity index (χ3v) is 5.92. The molecular formula is C24H31N3O2S. The van der Waals surface area contributed by atoms with E-state index in [4.69, 9.17) is 9.72 Å². The zero-order valence-electron chi connectivity index (χ0n) is 18.1. The Labute approximate surface area is 183 Å². The van der Waals surface area contributed by atoms with Crippen LogP contribution in [0, 0.1) is 0 Å². The van der Waals surface area contributed by atoms with Crippen LogP contribution in [-0.4, -0.2) is 49.6 Å². The lowest BCUT2D eigenvalue weighted by Gasteiger charge is -2.21. The molecule has 30 heavy (non-hydrogen) atoms. The number of carbonyl (C=O) groups is 1. The van der Waals surface area contributed by atoms with E-state index in [1.54, 1.807) is 11.3 Å². The summed E-state index contributed by atoms with van der Waals surface area (Å²) in [6, 6.07) is 15.5. The number of rotatable bonds is 11. The standard InChI is InChI=1S/C24H31N3O2S/c1-4-5-8-18-29-20-14-12-19(13-15-20)23(28)27(17-9-16-26(2)3)24-25-21-10-6-7-11-22(21)30-24/h6-7,10-15H,4-5,8-9,16-18H2,1-3H3. The smallest absolute Gasteiger partial charge is 0.260 e. The molecule has 0 bridgehead atoms. The second-order valence-corrected chi connectivity index (χ2v) is 8.67. The van der Waals surface area contributed by atoms with Gasteiger partial charge in [0.15, 0.2) is 5.13 Å². The van der Waals surface area contributed by atoms with Crippen molar-refractivity contribution >= 4 is 32.6 Å². The summed E-state index contributed by atoms with van der Waals surface area (Å²) in [4.78, 5) is 22.0. The van der Waals surface area contributed by atoms with Crippen molar-refractivity contribution in [1.82, 2.24) is 9.88 Å². The van der Waals surface area contributed by atoms with Gasteiger partial charge in [0.25, 0.3) is 5.91 Å². The van der Waals surface area contributed by atoms with Gasteiger partial charge >= 0.3 is 0 Å².